The smallest absolute Gasteiger partial charge is 0.359 e. The van der Waals surface area contributed by atoms with Gasteiger partial charge < -0.3 is 19.5 Å². The van der Waals surface area contributed by atoms with E-state index in [1.165, 1.54) is 26.3 Å². The fourth-order valence-corrected chi connectivity index (χ4v) is 5.36. The first kappa shape index (κ1) is 25.5. The van der Waals surface area contributed by atoms with Crippen LogP contribution in [0.1, 0.15) is 86.2 Å². The second kappa shape index (κ2) is 10.2. The van der Waals surface area contributed by atoms with E-state index in [-0.39, 0.29) is 29.9 Å². The van der Waals surface area contributed by atoms with Crippen LogP contribution in [0.15, 0.2) is 30.1 Å². The quantitative estimate of drug-likeness (QED) is 0.360. The highest BCUT2D eigenvalue weighted by Gasteiger charge is 2.49. The number of alkyl halides is 1. The second-order valence-electron chi connectivity index (χ2n) is 10.3. The summed E-state index contributed by atoms with van der Waals surface area (Å²) in [6.45, 7) is 4.30. The van der Waals surface area contributed by atoms with Gasteiger partial charge in [-0.1, -0.05) is 49.5 Å². The van der Waals surface area contributed by atoms with E-state index >= 15 is 0 Å². The van der Waals surface area contributed by atoms with Crippen LogP contribution in [0, 0.1) is 0 Å². The zero-order valence-electron chi connectivity index (χ0n) is 20.8. The molecule has 1 N–H and O–H groups in total. The second-order valence-corrected chi connectivity index (χ2v) is 11.2. The Labute approximate surface area is 211 Å². The van der Waals surface area contributed by atoms with Crippen LogP contribution in [0.5, 0.6) is 0 Å². The molecule has 0 spiro atoms. The number of carbonyl (C=O) groups is 3. The molecule has 2 atom stereocenters. The molecule has 2 heterocycles. The first-order chi connectivity index (χ1) is 16.6. The van der Waals surface area contributed by atoms with Crippen LogP contribution in [0.4, 0.5) is 0 Å². The molecule has 1 aromatic heterocycles. The van der Waals surface area contributed by atoms with Crippen LogP contribution in [-0.2, 0) is 16.1 Å². The molecule has 9 heteroatoms. The van der Waals surface area contributed by atoms with Gasteiger partial charge in [-0.25, -0.2) is 9.78 Å². The number of hydrogen-bond donors (Lipinski definition) is 1. The highest BCUT2D eigenvalue weighted by molar-refractivity contribution is 6.25. The van der Waals surface area contributed by atoms with E-state index < -0.39 is 22.3 Å². The van der Waals surface area contributed by atoms with Crippen molar-refractivity contribution in [2.75, 3.05) is 13.7 Å². The van der Waals surface area contributed by atoms with Crippen molar-refractivity contribution in [2.24, 2.45) is 0 Å². The maximum atomic E-state index is 13.8. The molecule has 35 heavy (non-hydrogen) atoms. The number of hydrogen-bond acceptors (Lipinski definition) is 5. The van der Waals surface area contributed by atoms with Gasteiger partial charge in [0, 0.05) is 12.6 Å². The number of halogens is 1. The summed E-state index contributed by atoms with van der Waals surface area (Å²) >= 11 is 6.40. The molecule has 8 nitrogen and oxygen atoms in total. The van der Waals surface area contributed by atoms with Crippen LogP contribution >= 0.6 is 11.6 Å². The number of methoxy groups -OCH3 is 1. The molecule has 0 aromatic carbocycles. The van der Waals surface area contributed by atoms with Crippen molar-refractivity contribution in [1.82, 2.24) is 19.8 Å². The molecule has 0 radical (unpaired) electrons. The maximum absolute atomic E-state index is 13.8. The standard InChI is InChI=1S/C26H35ClN4O4/c1-25(27)13-10-18(11-14-25)12-15-31-22(32)21-20(23(33)35-3)28-17-30(21)16-26(31,2)24(34)29-19-8-6-4-5-7-9-19/h10-11,13,17,19H,4-9,12,14-16H2,1-3H3,(H,29,34). The molecular weight excluding hydrogens is 468 g/mol. The first-order valence-corrected chi connectivity index (χ1v) is 12.9. The van der Waals surface area contributed by atoms with Crippen LogP contribution < -0.4 is 5.32 Å². The van der Waals surface area contributed by atoms with Crippen LogP contribution in [0.3, 0.4) is 0 Å². The van der Waals surface area contributed by atoms with E-state index in [2.05, 4.69) is 16.4 Å². The van der Waals surface area contributed by atoms with Gasteiger partial charge in [-0.05, 0) is 39.5 Å². The normalized spacial score (nSPS) is 27.1. The molecule has 1 aromatic rings. The fourth-order valence-electron chi connectivity index (χ4n) is 5.22. The highest BCUT2D eigenvalue weighted by atomic mass is 35.5. The van der Waals surface area contributed by atoms with Crippen molar-refractivity contribution in [2.45, 2.75) is 88.2 Å². The third-order valence-electron chi connectivity index (χ3n) is 7.45. The number of fused-ring (bicyclic) bond motifs is 1. The Morgan fingerprint density at radius 2 is 1.94 bits per heavy atom. The molecule has 190 valence electrons. The fraction of sp³-hybridized carbons (Fsp3) is 0.615. The number of rotatable bonds is 6. The Morgan fingerprint density at radius 1 is 1.23 bits per heavy atom. The topological polar surface area (TPSA) is 93.5 Å². The lowest BCUT2D eigenvalue weighted by atomic mass is 9.91. The lowest BCUT2D eigenvalue weighted by molar-refractivity contribution is -0.133. The predicted octanol–water partition coefficient (Wildman–Crippen LogP) is 4.00. The molecule has 2 amide bonds. The van der Waals surface area contributed by atoms with Crippen molar-refractivity contribution < 1.29 is 19.1 Å². The van der Waals surface area contributed by atoms with Gasteiger partial charge in [0.15, 0.2) is 5.69 Å². The first-order valence-electron chi connectivity index (χ1n) is 12.5. The molecule has 3 aliphatic rings. The van der Waals surface area contributed by atoms with Crippen molar-refractivity contribution in [3.05, 3.63) is 41.5 Å². The number of ether oxygens (including phenoxy) is 1. The monoisotopic (exact) mass is 502 g/mol. The van der Waals surface area contributed by atoms with Crippen LogP contribution in [-0.4, -0.2) is 62.3 Å². The predicted molar refractivity (Wildman–Crippen MR) is 133 cm³/mol. The Morgan fingerprint density at radius 3 is 2.57 bits per heavy atom. The summed E-state index contributed by atoms with van der Waals surface area (Å²) in [5.74, 6) is -1.23. The van der Waals surface area contributed by atoms with E-state index in [1.54, 1.807) is 16.4 Å². The average Bonchev–Trinajstić information content (AvgIpc) is 3.07. The van der Waals surface area contributed by atoms with Gasteiger partial charge in [0.2, 0.25) is 5.91 Å². The minimum Gasteiger partial charge on any atom is -0.464 e. The van der Waals surface area contributed by atoms with Crippen LogP contribution in [0.25, 0.3) is 0 Å². The number of imidazole rings is 1. The molecule has 4 rings (SSSR count). The zero-order chi connectivity index (χ0) is 25.2. The summed E-state index contributed by atoms with van der Waals surface area (Å²) < 4.78 is 6.44. The highest BCUT2D eigenvalue weighted by Crippen LogP contribution is 2.32. The molecule has 1 aliphatic heterocycles. The number of esters is 1. The Hall–Kier alpha value is -2.61. The van der Waals surface area contributed by atoms with Crippen LogP contribution in [0.2, 0.25) is 0 Å². The van der Waals surface area contributed by atoms with Gasteiger partial charge in [0.25, 0.3) is 5.91 Å². The zero-order valence-corrected chi connectivity index (χ0v) is 21.6. The van der Waals surface area contributed by atoms with Gasteiger partial charge in [-0.15, -0.1) is 11.6 Å². The van der Waals surface area contributed by atoms with E-state index in [4.69, 9.17) is 16.3 Å². The van der Waals surface area contributed by atoms with E-state index in [0.717, 1.165) is 31.3 Å². The minimum absolute atomic E-state index is 0.0246. The maximum Gasteiger partial charge on any atom is 0.359 e. The Bertz CT molecular complexity index is 1050. The molecule has 1 fully saturated rings. The number of nitrogens with zero attached hydrogens (tertiary/aromatic N) is 3. The number of aromatic nitrogens is 2. The summed E-state index contributed by atoms with van der Waals surface area (Å²) in [4.78, 5) is 45.1. The van der Waals surface area contributed by atoms with E-state index in [9.17, 15) is 14.4 Å². The molecule has 1 saturated carbocycles. The number of allylic oxidation sites excluding steroid dienone is 3. The van der Waals surface area contributed by atoms with Crippen molar-refractivity contribution in [1.29, 1.82) is 0 Å². The largest absolute Gasteiger partial charge is 0.464 e. The summed E-state index contributed by atoms with van der Waals surface area (Å²) in [5, 5.41) is 3.24. The van der Waals surface area contributed by atoms with Crippen molar-refractivity contribution in [3.63, 3.8) is 0 Å². The van der Waals surface area contributed by atoms with Gasteiger partial charge in [-0.3, -0.25) is 9.59 Å². The average molecular weight is 503 g/mol. The third kappa shape index (κ3) is 5.32. The summed E-state index contributed by atoms with van der Waals surface area (Å²) in [6.07, 6.45) is 15.2. The van der Waals surface area contributed by atoms with E-state index in [1.807, 2.05) is 19.1 Å². The SMILES string of the molecule is COC(=O)c1ncn2c1C(=O)N(CCC1=CCC(C)(Cl)C=C1)C(C)(C(=O)NC1CCCCCC1)C2. The Kier molecular flexibility index (Phi) is 7.40. The van der Waals surface area contributed by atoms with Gasteiger partial charge >= 0.3 is 5.97 Å². The van der Waals surface area contributed by atoms with Crippen molar-refractivity contribution >= 4 is 29.4 Å². The third-order valence-corrected chi connectivity index (χ3v) is 7.73. The molecule has 2 aliphatic carbocycles. The number of nitrogens with one attached hydrogen (secondary N) is 1. The summed E-state index contributed by atoms with van der Waals surface area (Å²) in [7, 11) is 1.26. The van der Waals surface area contributed by atoms with Crippen molar-refractivity contribution in [3.8, 4) is 0 Å². The van der Waals surface area contributed by atoms with Gasteiger partial charge in [0.1, 0.15) is 11.2 Å². The molecular formula is C26H35ClN4O4. The molecule has 2 unspecified atom stereocenters. The number of amides is 2. The minimum atomic E-state index is -1.12. The number of carbonyl (C=O) groups excluding carboxylic acids is 3. The van der Waals surface area contributed by atoms with Gasteiger partial charge in [0.05, 0.1) is 24.9 Å². The summed E-state index contributed by atoms with van der Waals surface area (Å²) in [5.41, 5.74) is 0.0842. The molecule has 0 saturated heterocycles. The lowest BCUT2D eigenvalue weighted by Crippen LogP contribution is -2.65. The van der Waals surface area contributed by atoms with E-state index in [0.29, 0.717) is 19.4 Å². The summed E-state index contributed by atoms with van der Waals surface area (Å²) in [6, 6.07) is 0.110. The van der Waals surface area contributed by atoms with Gasteiger partial charge in [-0.2, -0.15) is 0 Å². The Balaban J connectivity index is 1.61. The molecule has 0 bridgehead atoms. The lowest BCUT2D eigenvalue weighted by Gasteiger charge is -2.44.